The molecule has 0 heterocycles. The smallest absolute Gasteiger partial charge is 0.253 e. The second-order valence-corrected chi connectivity index (χ2v) is 3.04. The maximum absolute atomic E-state index is 11.6. The van der Waals surface area contributed by atoms with Gasteiger partial charge in [-0.05, 0) is 11.6 Å². The molecule has 0 fully saturated rings. The first kappa shape index (κ1) is 11.2. The molecule has 0 unspecified atom stereocenters. The topological polar surface area (TPSA) is 58.2 Å². The van der Waals surface area contributed by atoms with Gasteiger partial charge in [-0.3, -0.25) is 4.79 Å². The average Bonchev–Trinajstić information content (AvgIpc) is 2.28. The molecule has 0 radical (unpaired) electrons. The van der Waals surface area contributed by atoms with Gasteiger partial charge in [-0.15, -0.1) is 0 Å². The Hall–Kier alpha value is -1.84. The van der Waals surface area contributed by atoms with E-state index in [2.05, 4.69) is 10.6 Å². The van der Waals surface area contributed by atoms with Gasteiger partial charge in [0.15, 0.2) is 0 Å². The monoisotopic (exact) mass is 206 g/mol. The van der Waals surface area contributed by atoms with E-state index in [1.165, 1.54) is 0 Å². The molecule has 0 spiro atoms. The van der Waals surface area contributed by atoms with Crippen molar-refractivity contribution in [3.63, 3.8) is 0 Å². The molecule has 2 N–H and O–H groups in total. The van der Waals surface area contributed by atoms with E-state index in [0.717, 1.165) is 17.5 Å². The molecule has 80 valence electrons. The summed E-state index contributed by atoms with van der Waals surface area (Å²) in [7, 11) is 3.31. The number of anilines is 1. The third-order valence-electron chi connectivity index (χ3n) is 2.18. The Balaban J connectivity index is 3.25. The zero-order valence-corrected chi connectivity index (χ0v) is 8.83. The SMILES string of the molecule is CNC(=O)c1c(CC=O)cccc1NC. The molecule has 0 aliphatic carbocycles. The van der Waals surface area contributed by atoms with Crippen molar-refractivity contribution in [3.8, 4) is 0 Å². The number of rotatable bonds is 4. The number of hydrogen-bond donors (Lipinski definition) is 2. The van der Waals surface area contributed by atoms with Crippen LogP contribution in [0.1, 0.15) is 15.9 Å². The van der Waals surface area contributed by atoms with Crippen molar-refractivity contribution in [2.24, 2.45) is 0 Å². The van der Waals surface area contributed by atoms with Gasteiger partial charge >= 0.3 is 0 Å². The first-order valence-corrected chi connectivity index (χ1v) is 4.70. The molecule has 0 atom stereocenters. The first-order chi connectivity index (χ1) is 7.24. The molecule has 1 aromatic carbocycles. The summed E-state index contributed by atoms with van der Waals surface area (Å²) in [5.74, 6) is -0.184. The molecule has 15 heavy (non-hydrogen) atoms. The van der Waals surface area contributed by atoms with E-state index in [-0.39, 0.29) is 12.3 Å². The number of amides is 1. The molecule has 1 rings (SSSR count). The lowest BCUT2D eigenvalue weighted by Crippen LogP contribution is -2.21. The van der Waals surface area contributed by atoms with E-state index >= 15 is 0 Å². The Morgan fingerprint density at radius 2 is 2.13 bits per heavy atom. The normalized spacial score (nSPS) is 9.47. The van der Waals surface area contributed by atoms with Gasteiger partial charge in [-0.2, -0.15) is 0 Å². The fourth-order valence-corrected chi connectivity index (χ4v) is 1.46. The van der Waals surface area contributed by atoms with Gasteiger partial charge in [0.1, 0.15) is 6.29 Å². The van der Waals surface area contributed by atoms with Crippen LogP contribution in [-0.2, 0) is 11.2 Å². The van der Waals surface area contributed by atoms with Crippen molar-refractivity contribution in [1.29, 1.82) is 0 Å². The van der Waals surface area contributed by atoms with Gasteiger partial charge in [-0.25, -0.2) is 0 Å². The number of hydrogen-bond acceptors (Lipinski definition) is 3. The molecule has 4 heteroatoms. The fraction of sp³-hybridized carbons (Fsp3) is 0.273. The Kier molecular flexibility index (Phi) is 3.85. The lowest BCUT2D eigenvalue weighted by atomic mass is 10.0. The molecular formula is C11H14N2O2. The fourth-order valence-electron chi connectivity index (χ4n) is 1.46. The standard InChI is InChI=1S/C11H14N2O2/c1-12-9-5-3-4-8(6-7-14)10(9)11(15)13-2/h3-5,7,12H,6H2,1-2H3,(H,13,15). The van der Waals surface area contributed by atoms with Crippen LogP contribution in [0.4, 0.5) is 5.69 Å². The minimum Gasteiger partial charge on any atom is -0.387 e. The number of aldehydes is 1. The largest absolute Gasteiger partial charge is 0.387 e. The van der Waals surface area contributed by atoms with Crippen LogP contribution in [0.2, 0.25) is 0 Å². The van der Waals surface area contributed by atoms with Gasteiger partial charge in [0.25, 0.3) is 5.91 Å². The molecule has 0 aromatic heterocycles. The minimum atomic E-state index is -0.184. The molecule has 0 saturated carbocycles. The maximum Gasteiger partial charge on any atom is 0.253 e. The number of carbonyl (C=O) groups is 2. The van der Waals surface area contributed by atoms with Gasteiger partial charge in [0.2, 0.25) is 0 Å². The van der Waals surface area contributed by atoms with Crippen molar-refractivity contribution in [3.05, 3.63) is 29.3 Å². The molecular weight excluding hydrogens is 192 g/mol. The molecule has 0 bridgehead atoms. The van der Waals surface area contributed by atoms with E-state index in [9.17, 15) is 9.59 Å². The molecule has 1 amide bonds. The Morgan fingerprint density at radius 1 is 1.40 bits per heavy atom. The summed E-state index contributed by atoms with van der Waals surface area (Å²) < 4.78 is 0. The lowest BCUT2D eigenvalue weighted by Gasteiger charge is -2.11. The van der Waals surface area contributed by atoms with Crippen LogP contribution >= 0.6 is 0 Å². The number of nitrogens with one attached hydrogen (secondary N) is 2. The van der Waals surface area contributed by atoms with Gasteiger partial charge in [0, 0.05) is 26.2 Å². The highest BCUT2D eigenvalue weighted by atomic mass is 16.1. The maximum atomic E-state index is 11.6. The average molecular weight is 206 g/mol. The zero-order valence-electron chi connectivity index (χ0n) is 8.83. The van der Waals surface area contributed by atoms with Crippen LogP contribution in [0.25, 0.3) is 0 Å². The van der Waals surface area contributed by atoms with Crippen molar-refractivity contribution in [2.45, 2.75) is 6.42 Å². The van der Waals surface area contributed by atoms with Crippen LogP contribution in [0, 0.1) is 0 Å². The van der Waals surface area contributed by atoms with E-state index in [0.29, 0.717) is 5.56 Å². The first-order valence-electron chi connectivity index (χ1n) is 4.70. The minimum absolute atomic E-state index is 0.184. The van der Waals surface area contributed by atoms with E-state index in [1.54, 1.807) is 26.2 Å². The van der Waals surface area contributed by atoms with Crippen LogP contribution in [0.5, 0.6) is 0 Å². The van der Waals surface area contributed by atoms with Crippen LogP contribution in [-0.4, -0.2) is 26.3 Å². The Morgan fingerprint density at radius 3 is 2.67 bits per heavy atom. The van der Waals surface area contributed by atoms with E-state index < -0.39 is 0 Å². The van der Waals surface area contributed by atoms with Gasteiger partial charge in [0.05, 0.1) is 5.56 Å². The summed E-state index contributed by atoms with van der Waals surface area (Å²) in [6.07, 6.45) is 1.04. The second-order valence-electron chi connectivity index (χ2n) is 3.04. The van der Waals surface area contributed by atoms with Crippen molar-refractivity contribution >= 4 is 17.9 Å². The zero-order chi connectivity index (χ0) is 11.3. The Bertz CT molecular complexity index is 375. The summed E-state index contributed by atoms with van der Waals surface area (Å²) in [6.45, 7) is 0. The third-order valence-corrected chi connectivity index (χ3v) is 2.18. The van der Waals surface area contributed by atoms with E-state index in [4.69, 9.17) is 0 Å². The molecule has 0 aliphatic heterocycles. The second kappa shape index (κ2) is 5.14. The highest BCUT2D eigenvalue weighted by Gasteiger charge is 2.13. The third kappa shape index (κ3) is 2.34. The predicted octanol–water partition coefficient (Wildman–Crippen LogP) is 0.829. The quantitative estimate of drug-likeness (QED) is 0.717. The van der Waals surface area contributed by atoms with Gasteiger partial charge in [-0.1, -0.05) is 12.1 Å². The molecule has 1 aromatic rings. The summed E-state index contributed by atoms with van der Waals surface area (Å²) in [5.41, 5.74) is 2.00. The number of benzene rings is 1. The summed E-state index contributed by atoms with van der Waals surface area (Å²) in [5, 5.41) is 5.49. The summed E-state index contributed by atoms with van der Waals surface area (Å²) in [4.78, 5) is 22.1. The number of carbonyl (C=O) groups excluding carboxylic acids is 2. The molecule has 0 saturated heterocycles. The Labute approximate surface area is 88.7 Å². The summed E-state index contributed by atoms with van der Waals surface area (Å²) >= 11 is 0. The molecule has 4 nitrogen and oxygen atoms in total. The summed E-state index contributed by atoms with van der Waals surface area (Å²) in [6, 6.07) is 5.40. The van der Waals surface area contributed by atoms with E-state index in [1.807, 2.05) is 6.07 Å². The predicted molar refractivity (Wildman–Crippen MR) is 59.1 cm³/mol. The van der Waals surface area contributed by atoms with Crippen molar-refractivity contribution < 1.29 is 9.59 Å². The van der Waals surface area contributed by atoms with Crippen LogP contribution in [0.3, 0.4) is 0 Å². The van der Waals surface area contributed by atoms with Gasteiger partial charge < -0.3 is 15.4 Å². The van der Waals surface area contributed by atoms with Crippen molar-refractivity contribution in [1.82, 2.24) is 5.32 Å². The van der Waals surface area contributed by atoms with Crippen molar-refractivity contribution in [2.75, 3.05) is 19.4 Å². The van der Waals surface area contributed by atoms with Crippen LogP contribution in [0.15, 0.2) is 18.2 Å². The highest BCUT2D eigenvalue weighted by Crippen LogP contribution is 2.19. The lowest BCUT2D eigenvalue weighted by molar-refractivity contribution is -0.107. The highest BCUT2D eigenvalue weighted by molar-refractivity contribution is 6.01. The van der Waals surface area contributed by atoms with Crippen LogP contribution < -0.4 is 10.6 Å². The molecule has 0 aliphatic rings.